The Balaban J connectivity index is 1.21. The van der Waals surface area contributed by atoms with Crippen molar-refractivity contribution in [2.75, 3.05) is 30.1 Å². The van der Waals surface area contributed by atoms with Crippen LogP contribution in [0.1, 0.15) is 12.6 Å². The first kappa shape index (κ1) is 25.4. The van der Waals surface area contributed by atoms with Crippen LogP contribution in [-0.2, 0) is 32.4 Å². The van der Waals surface area contributed by atoms with Gasteiger partial charge in [-0.3, -0.25) is 19.2 Å². The smallest absolute Gasteiger partial charge is 0.414 e. The minimum atomic E-state index is -0.598. The second-order valence-electron chi connectivity index (χ2n) is 8.75. The fourth-order valence-electron chi connectivity index (χ4n) is 4.21. The summed E-state index contributed by atoms with van der Waals surface area (Å²) >= 11 is 0. The van der Waals surface area contributed by atoms with Gasteiger partial charge in [-0.2, -0.15) is 4.98 Å². The molecule has 5 rings (SSSR count). The van der Waals surface area contributed by atoms with Gasteiger partial charge in [-0.15, -0.1) is 4.99 Å². The van der Waals surface area contributed by atoms with Crippen molar-refractivity contribution in [2.24, 2.45) is 0 Å². The summed E-state index contributed by atoms with van der Waals surface area (Å²) in [6.07, 6.45) is 1.79. The Labute approximate surface area is 216 Å². The third-order valence-corrected chi connectivity index (χ3v) is 6.00. The van der Waals surface area contributed by atoms with Crippen molar-refractivity contribution in [3.05, 3.63) is 54.2 Å². The van der Waals surface area contributed by atoms with Crippen LogP contribution in [0.5, 0.6) is 6.01 Å². The van der Waals surface area contributed by atoms with Gasteiger partial charge < -0.3 is 19.5 Å². The van der Waals surface area contributed by atoms with E-state index in [0.29, 0.717) is 35.1 Å². The Kier molecular flexibility index (Phi) is 7.35. The van der Waals surface area contributed by atoms with Crippen molar-refractivity contribution in [2.45, 2.75) is 32.3 Å². The number of cyclic esters (lactones) is 1. The molecule has 1 aromatic carbocycles. The first-order valence-electron chi connectivity index (χ1n) is 11.7. The van der Waals surface area contributed by atoms with Crippen LogP contribution in [0.2, 0.25) is 0 Å². The van der Waals surface area contributed by atoms with E-state index in [-0.39, 0.29) is 44.1 Å². The molecule has 0 bridgehead atoms. The molecular weight excluding hydrogens is 503 g/mol. The molecule has 2 atom stereocenters. The van der Waals surface area contributed by atoms with Gasteiger partial charge in [0.2, 0.25) is 5.91 Å². The van der Waals surface area contributed by atoms with E-state index in [1.54, 1.807) is 41.2 Å². The number of rotatable bonds is 9. The van der Waals surface area contributed by atoms with E-state index in [1.807, 2.05) is 0 Å². The normalized spacial score (nSPS) is 18.5. The number of halogens is 1. The first-order chi connectivity index (χ1) is 18.4. The number of pyridine rings is 1. The number of imidazole rings is 1. The predicted octanol–water partition coefficient (Wildman–Crippen LogP) is 2.34. The molecule has 0 saturated carbocycles. The first-order valence-corrected chi connectivity index (χ1v) is 11.7. The predicted molar refractivity (Wildman–Crippen MR) is 130 cm³/mol. The zero-order chi connectivity index (χ0) is 26.6. The van der Waals surface area contributed by atoms with Crippen LogP contribution < -0.4 is 20.4 Å². The van der Waals surface area contributed by atoms with E-state index in [9.17, 15) is 9.59 Å². The molecule has 0 radical (unpaired) electrons. The number of carbonyl (C=O) groups excluding carboxylic acids is 2. The van der Waals surface area contributed by atoms with Crippen molar-refractivity contribution in [3.63, 3.8) is 0 Å². The van der Waals surface area contributed by atoms with Crippen LogP contribution in [0.25, 0.3) is 11.1 Å². The highest BCUT2D eigenvalue weighted by atomic mass is 19.1. The van der Waals surface area contributed by atoms with Crippen LogP contribution >= 0.6 is 0 Å². The number of carbonyl (C=O) groups is 2. The second-order valence-corrected chi connectivity index (χ2v) is 8.75. The number of fused-ring (bicyclic) bond motifs is 1. The molecule has 2 amide bonds. The molecule has 1 saturated heterocycles. The number of aromatic nitrogens is 3. The SMILES string of the molecule is CC(=O)NC[C@H]1CN(c2ccc(-c3ccnc(CO[C@@H]4COc5nc(NOO)cn5C4)c3)c(F)c2)C(=O)O1. The molecule has 0 unspecified atom stereocenters. The zero-order valence-corrected chi connectivity index (χ0v) is 20.3. The van der Waals surface area contributed by atoms with Crippen molar-refractivity contribution in [1.82, 2.24) is 19.9 Å². The molecule has 200 valence electrons. The molecule has 2 aliphatic rings. The number of nitrogens with zero attached hydrogens (tertiary/aromatic N) is 4. The minimum absolute atomic E-state index is 0.172. The number of benzene rings is 1. The topological polar surface area (TPSA) is 149 Å². The summed E-state index contributed by atoms with van der Waals surface area (Å²) in [5.41, 5.74) is 4.12. The molecule has 2 aliphatic heterocycles. The fraction of sp³-hybridized carbons (Fsp3) is 0.333. The Hall–Kier alpha value is -4.27. The summed E-state index contributed by atoms with van der Waals surface area (Å²) in [5.74, 6) is -0.447. The molecule has 0 aliphatic carbocycles. The monoisotopic (exact) mass is 528 g/mol. The van der Waals surface area contributed by atoms with Crippen molar-refractivity contribution < 1.29 is 38.4 Å². The van der Waals surface area contributed by atoms with E-state index in [2.05, 4.69) is 25.8 Å². The fourth-order valence-corrected chi connectivity index (χ4v) is 4.21. The van der Waals surface area contributed by atoms with Gasteiger partial charge in [0.05, 0.1) is 43.8 Å². The maximum absolute atomic E-state index is 15.1. The van der Waals surface area contributed by atoms with Gasteiger partial charge in [-0.05, 0) is 35.9 Å². The molecule has 1 fully saturated rings. The summed E-state index contributed by atoms with van der Waals surface area (Å²) in [5, 5.41) is 11.1. The molecule has 38 heavy (non-hydrogen) atoms. The number of anilines is 2. The average molecular weight is 528 g/mol. The van der Waals surface area contributed by atoms with Crippen molar-refractivity contribution in [3.8, 4) is 17.1 Å². The number of hydrogen-bond donors (Lipinski definition) is 3. The molecule has 2 aromatic heterocycles. The second kappa shape index (κ2) is 11.0. The van der Waals surface area contributed by atoms with Gasteiger partial charge >= 0.3 is 6.09 Å². The van der Waals surface area contributed by atoms with E-state index < -0.39 is 18.0 Å². The summed E-state index contributed by atoms with van der Waals surface area (Å²) in [6.45, 7) is 2.68. The highest BCUT2D eigenvalue weighted by Crippen LogP contribution is 2.29. The quantitative estimate of drug-likeness (QED) is 0.279. The average Bonchev–Trinajstić information content (AvgIpc) is 3.48. The lowest BCUT2D eigenvalue weighted by Gasteiger charge is -2.24. The Morgan fingerprint density at radius 1 is 1.29 bits per heavy atom. The van der Waals surface area contributed by atoms with Crippen LogP contribution in [0.4, 0.5) is 20.7 Å². The lowest BCUT2D eigenvalue weighted by atomic mass is 10.0. The van der Waals surface area contributed by atoms with Gasteiger partial charge in [0, 0.05) is 18.7 Å². The lowest BCUT2D eigenvalue weighted by molar-refractivity contribution is -0.215. The number of nitrogens with one attached hydrogen (secondary N) is 2. The maximum Gasteiger partial charge on any atom is 0.414 e. The summed E-state index contributed by atoms with van der Waals surface area (Å²) in [4.78, 5) is 37.0. The van der Waals surface area contributed by atoms with Gasteiger partial charge in [0.25, 0.3) is 6.01 Å². The largest absolute Gasteiger partial charge is 0.462 e. The molecule has 0 spiro atoms. The highest BCUT2D eigenvalue weighted by Gasteiger charge is 2.32. The van der Waals surface area contributed by atoms with Crippen LogP contribution in [0, 0.1) is 5.82 Å². The van der Waals surface area contributed by atoms with Gasteiger partial charge in [0.1, 0.15) is 24.6 Å². The third kappa shape index (κ3) is 5.66. The summed E-state index contributed by atoms with van der Waals surface area (Å²) in [7, 11) is 0. The van der Waals surface area contributed by atoms with E-state index in [0.717, 1.165) is 0 Å². The van der Waals surface area contributed by atoms with E-state index in [1.165, 1.54) is 17.9 Å². The van der Waals surface area contributed by atoms with Crippen LogP contribution in [0.3, 0.4) is 0 Å². The number of ether oxygens (including phenoxy) is 3. The molecule has 3 aromatic rings. The third-order valence-electron chi connectivity index (χ3n) is 6.00. The van der Waals surface area contributed by atoms with Gasteiger partial charge in [-0.1, -0.05) is 0 Å². The maximum atomic E-state index is 15.1. The molecule has 13 nitrogen and oxygen atoms in total. The van der Waals surface area contributed by atoms with Crippen LogP contribution in [0.15, 0.2) is 42.7 Å². The lowest BCUT2D eigenvalue weighted by Crippen LogP contribution is -2.33. The Morgan fingerprint density at radius 3 is 2.95 bits per heavy atom. The molecular formula is C24H25FN6O7. The summed E-state index contributed by atoms with van der Waals surface area (Å²) in [6, 6.07) is 8.31. The van der Waals surface area contributed by atoms with Gasteiger partial charge in [0.15, 0.2) is 5.82 Å². The molecule has 14 heteroatoms. The van der Waals surface area contributed by atoms with Crippen molar-refractivity contribution >= 4 is 23.5 Å². The van der Waals surface area contributed by atoms with E-state index >= 15 is 4.39 Å². The van der Waals surface area contributed by atoms with Gasteiger partial charge in [-0.25, -0.2) is 19.9 Å². The summed E-state index contributed by atoms with van der Waals surface area (Å²) < 4.78 is 33.6. The van der Waals surface area contributed by atoms with Crippen molar-refractivity contribution in [1.29, 1.82) is 0 Å². The zero-order valence-electron chi connectivity index (χ0n) is 20.3. The standard InChI is InChI=1S/C24H25FN6O7/c1-14(32)27-8-18-10-31(24(33)37-18)17-2-3-20(21(25)7-17)15-4-5-26-16(6-15)12-35-19-9-30-11-22(29-38-34)28-23(30)36-13-19/h2-7,11,18-19,29,34H,8-10,12-13H2,1H3,(H,27,32)/t18-,19-/m0/s1. The van der Waals surface area contributed by atoms with E-state index in [4.69, 9.17) is 19.5 Å². The van der Waals surface area contributed by atoms with Crippen LogP contribution in [-0.4, -0.2) is 63.7 Å². The Morgan fingerprint density at radius 2 is 2.16 bits per heavy atom. The highest BCUT2D eigenvalue weighted by molar-refractivity contribution is 5.90. The number of hydrogen-bond acceptors (Lipinski definition) is 10. The minimum Gasteiger partial charge on any atom is -0.462 e. The Bertz CT molecular complexity index is 1340. The molecule has 4 heterocycles. The number of amides is 2. The molecule has 3 N–H and O–H groups in total.